The largest absolute Gasteiger partial charge is 0.277 e. The molecule has 3 nitrogen and oxygen atoms in total. The van der Waals surface area contributed by atoms with Gasteiger partial charge in [0.15, 0.2) is 0 Å². The Kier molecular flexibility index (Phi) is 5.83. The maximum atomic E-state index is 5.44. The molecule has 0 aliphatic heterocycles. The molecule has 0 saturated carbocycles. The second-order valence-electron chi connectivity index (χ2n) is 13.0. The Bertz CT molecular complexity index is 3140. The van der Waals surface area contributed by atoms with Gasteiger partial charge < -0.3 is 0 Å². The lowest BCUT2D eigenvalue weighted by Gasteiger charge is -2.13. The summed E-state index contributed by atoms with van der Waals surface area (Å²) < 4.78 is 4.89. The van der Waals surface area contributed by atoms with Gasteiger partial charge in [-0.25, -0.2) is 9.97 Å². The zero-order valence-electron chi connectivity index (χ0n) is 26.8. The Balaban J connectivity index is 1.18. The lowest BCUT2D eigenvalue weighted by atomic mass is 9.99. The van der Waals surface area contributed by atoms with Crippen LogP contribution in [0.1, 0.15) is 0 Å². The van der Waals surface area contributed by atoms with Crippen molar-refractivity contribution in [3.63, 3.8) is 0 Å². The molecule has 0 spiro atoms. The van der Waals surface area contributed by atoms with E-state index >= 15 is 0 Å². The third-order valence-electron chi connectivity index (χ3n) is 10.2. The number of thiophene rings is 1. The number of benzene rings is 8. The van der Waals surface area contributed by atoms with Gasteiger partial charge in [-0.1, -0.05) is 140 Å². The van der Waals surface area contributed by atoms with Crippen LogP contribution in [0.15, 0.2) is 164 Å². The van der Waals surface area contributed by atoms with Crippen LogP contribution in [0.5, 0.6) is 0 Å². The summed E-state index contributed by atoms with van der Waals surface area (Å²) in [7, 11) is 0. The van der Waals surface area contributed by atoms with E-state index < -0.39 is 0 Å². The van der Waals surface area contributed by atoms with E-state index in [1.807, 2.05) is 11.3 Å². The fourth-order valence-corrected chi connectivity index (χ4v) is 9.08. The first-order chi connectivity index (χ1) is 24.8. The summed E-state index contributed by atoms with van der Waals surface area (Å²) in [5.74, 6) is 0.675. The number of hydrogen-bond donors (Lipinski definition) is 0. The second-order valence-corrected chi connectivity index (χ2v) is 14.0. The van der Waals surface area contributed by atoms with Crippen molar-refractivity contribution in [2.45, 2.75) is 0 Å². The van der Waals surface area contributed by atoms with Crippen LogP contribution in [-0.4, -0.2) is 14.5 Å². The Morgan fingerprint density at radius 3 is 1.98 bits per heavy atom. The van der Waals surface area contributed by atoms with Crippen molar-refractivity contribution in [3.8, 4) is 28.3 Å². The van der Waals surface area contributed by atoms with Gasteiger partial charge in [0.25, 0.3) is 0 Å². The van der Waals surface area contributed by atoms with Gasteiger partial charge >= 0.3 is 0 Å². The molecule has 50 heavy (non-hydrogen) atoms. The summed E-state index contributed by atoms with van der Waals surface area (Å²) in [6.07, 6.45) is 0. The molecule has 0 unspecified atom stereocenters. The average Bonchev–Trinajstić information content (AvgIpc) is 3.73. The fourth-order valence-electron chi connectivity index (χ4n) is 7.82. The van der Waals surface area contributed by atoms with Gasteiger partial charge in [0.2, 0.25) is 5.95 Å². The van der Waals surface area contributed by atoms with E-state index in [0.29, 0.717) is 5.95 Å². The minimum Gasteiger partial charge on any atom is -0.277 e. The van der Waals surface area contributed by atoms with E-state index in [4.69, 9.17) is 9.97 Å². The topological polar surface area (TPSA) is 30.7 Å². The zero-order chi connectivity index (χ0) is 32.8. The minimum absolute atomic E-state index is 0.675. The highest BCUT2D eigenvalue weighted by molar-refractivity contribution is 7.26. The third kappa shape index (κ3) is 4.03. The number of aromatic nitrogens is 3. The normalized spacial score (nSPS) is 12.0. The highest BCUT2D eigenvalue weighted by Gasteiger charge is 2.21. The Morgan fingerprint density at radius 1 is 0.440 bits per heavy atom. The van der Waals surface area contributed by atoms with Crippen LogP contribution >= 0.6 is 11.3 Å². The molecule has 8 aromatic carbocycles. The fraction of sp³-hybridized carbons (Fsp3) is 0. The van der Waals surface area contributed by atoms with Crippen molar-refractivity contribution in [1.29, 1.82) is 0 Å². The van der Waals surface area contributed by atoms with Gasteiger partial charge in [-0.05, 0) is 51.6 Å². The van der Waals surface area contributed by atoms with Crippen LogP contribution in [0.4, 0.5) is 0 Å². The number of nitrogens with zero attached hydrogens (tertiary/aromatic N) is 3. The number of fused-ring (bicyclic) bond motifs is 11. The van der Waals surface area contributed by atoms with E-state index in [9.17, 15) is 0 Å². The zero-order valence-corrected chi connectivity index (χ0v) is 27.7. The highest BCUT2D eigenvalue weighted by atomic mass is 32.1. The molecule has 0 aliphatic carbocycles. The predicted octanol–water partition coefficient (Wildman–Crippen LogP) is 12.7. The molecular formula is C46H27N3S. The minimum atomic E-state index is 0.675. The summed E-state index contributed by atoms with van der Waals surface area (Å²) in [6.45, 7) is 0. The van der Waals surface area contributed by atoms with E-state index in [0.717, 1.165) is 33.2 Å². The Hall–Kier alpha value is -6.36. The molecule has 0 N–H and O–H groups in total. The molecule has 11 rings (SSSR count). The lowest BCUT2D eigenvalue weighted by molar-refractivity contribution is 1.02. The summed E-state index contributed by atoms with van der Waals surface area (Å²) in [5, 5.41) is 11.0. The molecule has 0 amide bonds. The van der Waals surface area contributed by atoms with Crippen LogP contribution < -0.4 is 0 Å². The second kappa shape index (κ2) is 10.6. The van der Waals surface area contributed by atoms with E-state index in [1.165, 1.54) is 63.6 Å². The quantitative estimate of drug-likeness (QED) is 0.190. The van der Waals surface area contributed by atoms with E-state index in [1.54, 1.807) is 0 Å². The van der Waals surface area contributed by atoms with E-state index in [2.05, 4.69) is 168 Å². The molecule has 3 heterocycles. The molecule has 0 aliphatic rings. The molecule has 0 radical (unpaired) electrons. The number of hydrogen-bond acceptors (Lipinski definition) is 3. The van der Waals surface area contributed by atoms with Crippen LogP contribution in [0, 0.1) is 0 Å². The SMILES string of the molecule is c1ccc2cc(-c3ccc(-c4nc(-n5c6ccccc6c6ccc7ccc8c9ccccc9sc8c7c65)nc5ccccc45)cc3)ccc2c1. The van der Waals surface area contributed by atoms with Crippen molar-refractivity contribution in [3.05, 3.63) is 164 Å². The van der Waals surface area contributed by atoms with Gasteiger partial charge in [0, 0.05) is 47.3 Å². The van der Waals surface area contributed by atoms with Crippen LogP contribution in [0.2, 0.25) is 0 Å². The average molecular weight is 654 g/mol. The standard InChI is InChI=1S/C46H27N3S/c1-2-10-32-27-33(22-19-28(32)9-1)29-17-20-31(21-18-29)43-38-13-3-6-14-39(38)47-46(48-43)49-40-15-7-4-11-34(40)36-25-23-30-24-26-37-35-12-5-8-16-41(35)50-45(37)42(30)44(36)49/h1-27H. The number of para-hydroxylation sites is 2. The van der Waals surface area contributed by atoms with Gasteiger partial charge in [-0.15, -0.1) is 11.3 Å². The number of rotatable bonds is 3. The Morgan fingerprint density at radius 2 is 1.10 bits per heavy atom. The molecule has 3 aromatic heterocycles. The predicted molar refractivity (Wildman–Crippen MR) is 213 cm³/mol. The molecule has 232 valence electrons. The first kappa shape index (κ1) is 27.6. The smallest absolute Gasteiger partial charge is 0.235 e. The molecular weight excluding hydrogens is 627 g/mol. The van der Waals surface area contributed by atoms with Gasteiger partial charge in [-0.3, -0.25) is 4.57 Å². The van der Waals surface area contributed by atoms with Crippen molar-refractivity contribution in [2.75, 3.05) is 0 Å². The summed E-state index contributed by atoms with van der Waals surface area (Å²) in [4.78, 5) is 10.7. The summed E-state index contributed by atoms with van der Waals surface area (Å²) >= 11 is 1.87. The van der Waals surface area contributed by atoms with E-state index in [-0.39, 0.29) is 0 Å². The molecule has 0 atom stereocenters. The molecule has 4 heteroatoms. The Labute approximate surface area is 291 Å². The molecule has 11 aromatic rings. The van der Waals surface area contributed by atoms with Crippen molar-refractivity contribution in [1.82, 2.24) is 14.5 Å². The van der Waals surface area contributed by atoms with Crippen LogP contribution in [0.3, 0.4) is 0 Å². The molecule has 0 saturated heterocycles. The maximum Gasteiger partial charge on any atom is 0.235 e. The van der Waals surface area contributed by atoms with Crippen molar-refractivity contribution < 1.29 is 0 Å². The molecule has 0 fully saturated rings. The lowest BCUT2D eigenvalue weighted by Crippen LogP contribution is -2.03. The maximum absolute atomic E-state index is 5.44. The van der Waals surface area contributed by atoms with Gasteiger partial charge in [0.05, 0.1) is 22.2 Å². The van der Waals surface area contributed by atoms with Gasteiger partial charge in [-0.2, -0.15) is 0 Å². The molecule has 0 bridgehead atoms. The van der Waals surface area contributed by atoms with Crippen molar-refractivity contribution in [2.24, 2.45) is 0 Å². The first-order valence-corrected chi connectivity index (χ1v) is 17.7. The summed E-state index contributed by atoms with van der Waals surface area (Å²) in [5.41, 5.74) is 7.53. The third-order valence-corrected chi connectivity index (χ3v) is 11.4. The van der Waals surface area contributed by atoms with Crippen LogP contribution in [0.25, 0.3) is 103 Å². The van der Waals surface area contributed by atoms with Crippen LogP contribution in [-0.2, 0) is 0 Å². The van der Waals surface area contributed by atoms with Gasteiger partial charge in [0.1, 0.15) is 0 Å². The monoisotopic (exact) mass is 653 g/mol. The first-order valence-electron chi connectivity index (χ1n) is 16.9. The summed E-state index contributed by atoms with van der Waals surface area (Å²) in [6, 6.07) is 58.8. The highest BCUT2D eigenvalue weighted by Crippen LogP contribution is 2.44. The van der Waals surface area contributed by atoms with Crippen molar-refractivity contribution >= 4 is 85.8 Å².